The third-order valence-electron chi connectivity index (χ3n) is 2.17. The molecule has 5 heteroatoms. The molecule has 0 spiro atoms. The Bertz CT molecular complexity index is 424. The molecule has 84 valence electrons. The molecule has 0 amide bonds. The predicted molar refractivity (Wildman–Crippen MR) is 59.5 cm³/mol. The molecule has 1 aromatic carbocycles. The van der Waals surface area contributed by atoms with Crippen LogP contribution in [0.3, 0.4) is 0 Å². The van der Waals surface area contributed by atoms with E-state index in [2.05, 4.69) is 0 Å². The molecule has 1 atom stereocenters. The minimum absolute atomic E-state index is 0.0941. The van der Waals surface area contributed by atoms with Gasteiger partial charge in [-0.3, -0.25) is 0 Å². The Hall–Kier alpha value is -0.580. The van der Waals surface area contributed by atoms with Gasteiger partial charge in [-0.05, 0) is 24.1 Å². The maximum Gasteiger partial charge on any atom is 0.261 e. The fraction of sp³-hybridized carbons (Fsp3) is 0.400. The highest BCUT2D eigenvalue weighted by atomic mass is 35.7. The lowest BCUT2D eigenvalue weighted by Gasteiger charge is -2.13. The summed E-state index contributed by atoms with van der Waals surface area (Å²) >= 11 is 0. The van der Waals surface area contributed by atoms with Crippen molar-refractivity contribution in [2.24, 2.45) is 0 Å². The molecule has 0 fully saturated rings. The number of rotatable bonds is 4. The van der Waals surface area contributed by atoms with Crippen LogP contribution in [0.1, 0.15) is 25.0 Å². The number of hydrogen-bond donors (Lipinski definition) is 0. The minimum atomic E-state index is -3.66. The van der Waals surface area contributed by atoms with E-state index >= 15 is 0 Å². The summed E-state index contributed by atoms with van der Waals surface area (Å²) in [6, 6.07) is 6.49. The summed E-state index contributed by atoms with van der Waals surface area (Å²) in [4.78, 5) is 0.108. The van der Waals surface area contributed by atoms with Gasteiger partial charge in [0, 0.05) is 17.8 Å². The van der Waals surface area contributed by atoms with Crippen LogP contribution in [0.15, 0.2) is 29.2 Å². The molecule has 0 radical (unpaired) electrons. The Labute approximate surface area is 94.4 Å². The molecule has 0 bridgehead atoms. The lowest BCUT2D eigenvalue weighted by Crippen LogP contribution is -2.01. The third kappa shape index (κ3) is 3.19. The molecule has 0 heterocycles. The molecular formula is C10H13ClO3S. The van der Waals surface area contributed by atoms with E-state index in [4.69, 9.17) is 15.4 Å². The molecule has 1 rings (SSSR count). The Morgan fingerprint density at radius 3 is 2.60 bits per heavy atom. The van der Waals surface area contributed by atoms with E-state index in [0.717, 1.165) is 12.0 Å². The number of halogens is 1. The quantitative estimate of drug-likeness (QED) is 0.770. The van der Waals surface area contributed by atoms with Crippen LogP contribution in [0, 0.1) is 0 Å². The Morgan fingerprint density at radius 2 is 2.13 bits per heavy atom. The van der Waals surface area contributed by atoms with Crippen molar-refractivity contribution >= 4 is 19.7 Å². The highest BCUT2D eigenvalue weighted by molar-refractivity contribution is 8.13. The lowest BCUT2D eigenvalue weighted by atomic mass is 10.1. The van der Waals surface area contributed by atoms with Crippen molar-refractivity contribution in [1.29, 1.82) is 0 Å². The number of benzene rings is 1. The average Bonchev–Trinajstić information content (AvgIpc) is 2.19. The second-order valence-corrected chi connectivity index (χ2v) is 5.71. The monoisotopic (exact) mass is 248 g/mol. The second-order valence-electron chi connectivity index (χ2n) is 3.14. The summed E-state index contributed by atoms with van der Waals surface area (Å²) in [5.41, 5.74) is 0.821. The molecule has 0 aliphatic heterocycles. The Balaban J connectivity index is 3.13. The molecule has 1 aromatic rings. The maximum absolute atomic E-state index is 11.1. The van der Waals surface area contributed by atoms with Gasteiger partial charge in [-0.25, -0.2) is 8.42 Å². The van der Waals surface area contributed by atoms with Gasteiger partial charge in [-0.15, -0.1) is 0 Å². The zero-order valence-electron chi connectivity index (χ0n) is 8.60. The summed E-state index contributed by atoms with van der Waals surface area (Å²) in [7, 11) is 3.19. The molecule has 0 aromatic heterocycles. The fourth-order valence-corrected chi connectivity index (χ4v) is 2.21. The number of ether oxygens (including phenoxy) is 1. The van der Waals surface area contributed by atoms with Crippen LogP contribution in [0.25, 0.3) is 0 Å². The van der Waals surface area contributed by atoms with Crippen molar-refractivity contribution in [2.75, 3.05) is 7.11 Å². The molecule has 0 saturated heterocycles. The highest BCUT2D eigenvalue weighted by Crippen LogP contribution is 2.24. The van der Waals surface area contributed by atoms with E-state index in [1.807, 2.05) is 13.0 Å². The van der Waals surface area contributed by atoms with Crippen LogP contribution in [0.2, 0.25) is 0 Å². The molecule has 0 aliphatic carbocycles. The van der Waals surface area contributed by atoms with Gasteiger partial charge in [0.15, 0.2) is 0 Å². The Kier molecular flexibility index (Phi) is 4.13. The van der Waals surface area contributed by atoms with Gasteiger partial charge in [-0.1, -0.05) is 19.1 Å². The van der Waals surface area contributed by atoms with Gasteiger partial charge in [0.05, 0.1) is 11.0 Å². The van der Waals surface area contributed by atoms with Gasteiger partial charge < -0.3 is 4.74 Å². The lowest BCUT2D eigenvalue weighted by molar-refractivity contribution is 0.0999. The van der Waals surface area contributed by atoms with Crippen molar-refractivity contribution in [1.82, 2.24) is 0 Å². The first-order valence-corrected chi connectivity index (χ1v) is 6.87. The van der Waals surface area contributed by atoms with Gasteiger partial charge in [0.1, 0.15) is 0 Å². The second kappa shape index (κ2) is 4.96. The Morgan fingerprint density at radius 1 is 1.47 bits per heavy atom. The van der Waals surface area contributed by atoms with Crippen molar-refractivity contribution in [3.63, 3.8) is 0 Å². The smallest absolute Gasteiger partial charge is 0.261 e. The van der Waals surface area contributed by atoms with Crippen LogP contribution >= 0.6 is 10.7 Å². The molecule has 0 N–H and O–H groups in total. The standard InChI is InChI=1S/C10H13ClO3S/c1-3-10(14-2)8-5-4-6-9(7-8)15(11,12)13/h4-7,10H,3H2,1-2H3. The van der Waals surface area contributed by atoms with Crippen LogP contribution in [-0.2, 0) is 13.8 Å². The van der Waals surface area contributed by atoms with E-state index in [-0.39, 0.29) is 11.0 Å². The zero-order chi connectivity index (χ0) is 11.5. The van der Waals surface area contributed by atoms with Crippen molar-refractivity contribution in [3.05, 3.63) is 29.8 Å². The summed E-state index contributed by atoms with van der Waals surface area (Å²) in [6.45, 7) is 1.97. The molecule has 0 saturated carbocycles. The molecule has 1 unspecified atom stereocenters. The van der Waals surface area contributed by atoms with Gasteiger partial charge >= 0.3 is 0 Å². The van der Waals surface area contributed by atoms with Crippen molar-refractivity contribution < 1.29 is 13.2 Å². The van der Waals surface area contributed by atoms with E-state index in [9.17, 15) is 8.42 Å². The largest absolute Gasteiger partial charge is 0.377 e. The van der Waals surface area contributed by atoms with Gasteiger partial charge in [0.25, 0.3) is 9.05 Å². The summed E-state index contributed by atoms with van der Waals surface area (Å²) in [6.07, 6.45) is 0.686. The van der Waals surface area contributed by atoms with Crippen LogP contribution < -0.4 is 0 Å². The third-order valence-corrected chi connectivity index (χ3v) is 3.52. The van der Waals surface area contributed by atoms with E-state index < -0.39 is 9.05 Å². The molecular weight excluding hydrogens is 236 g/mol. The van der Waals surface area contributed by atoms with Crippen molar-refractivity contribution in [3.8, 4) is 0 Å². The number of hydrogen-bond acceptors (Lipinski definition) is 3. The maximum atomic E-state index is 11.1. The van der Waals surface area contributed by atoms with Crippen LogP contribution in [0.5, 0.6) is 0 Å². The molecule has 0 aliphatic rings. The topological polar surface area (TPSA) is 43.4 Å². The zero-order valence-corrected chi connectivity index (χ0v) is 10.2. The fourth-order valence-electron chi connectivity index (χ4n) is 1.40. The minimum Gasteiger partial charge on any atom is -0.377 e. The SMILES string of the molecule is CCC(OC)c1cccc(S(=O)(=O)Cl)c1. The van der Waals surface area contributed by atoms with Crippen LogP contribution in [-0.4, -0.2) is 15.5 Å². The van der Waals surface area contributed by atoms with E-state index in [1.165, 1.54) is 6.07 Å². The van der Waals surface area contributed by atoms with Gasteiger partial charge in [-0.2, -0.15) is 0 Å². The summed E-state index contributed by atoms with van der Waals surface area (Å²) < 4.78 is 27.4. The first-order valence-electron chi connectivity index (χ1n) is 4.56. The normalized spacial score (nSPS) is 13.8. The highest BCUT2D eigenvalue weighted by Gasteiger charge is 2.13. The van der Waals surface area contributed by atoms with Crippen LogP contribution in [0.4, 0.5) is 0 Å². The van der Waals surface area contributed by atoms with E-state index in [1.54, 1.807) is 19.2 Å². The average molecular weight is 249 g/mol. The predicted octanol–water partition coefficient (Wildman–Crippen LogP) is 2.71. The van der Waals surface area contributed by atoms with E-state index in [0.29, 0.717) is 0 Å². The first kappa shape index (κ1) is 12.5. The van der Waals surface area contributed by atoms with Gasteiger partial charge in [0.2, 0.25) is 0 Å². The summed E-state index contributed by atoms with van der Waals surface area (Å²) in [5, 5.41) is 0. The summed E-state index contributed by atoms with van der Waals surface area (Å²) in [5.74, 6) is 0. The molecule has 3 nitrogen and oxygen atoms in total. The molecule has 15 heavy (non-hydrogen) atoms. The number of methoxy groups -OCH3 is 1. The van der Waals surface area contributed by atoms with Crippen molar-refractivity contribution in [2.45, 2.75) is 24.3 Å². The first-order chi connectivity index (χ1) is 6.99.